The first kappa shape index (κ1) is 24.6. The highest BCUT2D eigenvalue weighted by molar-refractivity contribution is 6.05. The zero-order valence-corrected chi connectivity index (χ0v) is 19.6. The monoisotopic (exact) mass is 504 g/mol. The number of likely N-dealkylation sites (tertiary alicyclic amines) is 1. The van der Waals surface area contributed by atoms with Crippen molar-refractivity contribution in [2.45, 2.75) is 75.9 Å². The fraction of sp³-hybridized carbons (Fsp3) is 0.600. The molecule has 1 N–H and O–H groups in total. The highest BCUT2D eigenvalue weighted by Gasteiger charge is 2.57. The summed E-state index contributed by atoms with van der Waals surface area (Å²) in [5, 5.41) is 11.5. The first-order chi connectivity index (χ1) is 17.1. The molecule has 3 aliphatic heterocycles. The molecule has 5 rings (SSSR count). The van der Waals surface area contributed by atoms with Crippen molar-refractivity contribution in [1.82, 2.24) is 15.1 Å². The Bertz CT molecular complexity index is 1120. The Labute approximate surface area is 206 Å². The van der Waals surface area contributed by atoms with Crippen LogP contribution in [0, 0.1) is 16.7 Å². The molecule has 3 fully saturated rings. The maximum Gasteiger partial charge on any atom is 0.407 e. The zero-order valence-electron chi connectivity index (χ0n) is 19.6. The van der Waals surface area contributed by atoms with Crippen LogP contribution in [-0.4, -0.2) is 65.0 Å². The van der Waals surface area contributed by atoms with Gasteiger partial charge < -0.3 is 9.64 Å². The molecule has 0 radical (unpaired) electrons. The van der Waals surface area contributed by atoms with Crippen molar-refractivity contribution in [2.24, 2.45) is 5.41 Å². The third-order valence-electron chi connectivity index (χ3n) is 8.08. The summed E-state index contributed by atoms with van der Waals surface area (Å²) >= 11 is 0. The lowest BCUT2D eigenvalue weighted by molar-refractivity contribution is -0.216. The Morgan fingerprint density at radius 1 is 1.11 bits per heavy atom. The van der Waals surface area contributed by atoms with Gasteiger partial charge in [-0.1, -0.05) is 0 Å². The van der Waals surface area contributed by atoms with Crippen LogP contribution in [0.1, 0.15) is 60.9 Å². The first-order valence-corrected chi connectivity index (χ1v) is 12.3. The van der Waals surface area contributed by atoms with Crippen molar-refractivity contribution < 1.29 is 32.3 Å². The van der Waals surface area contributed by atoms with Gasteiger partial charge in [-0.15, -0.1) is 0 Å². The largest absolute Gasteiger partial charge is 0.489 e. The molecule has 0 aromatic heterocycles. The van der Waals surface area contributed by atoms with Crippen LogP contribution in [0.4, 0.5) is 13.2 Å². The van der Waals surface area contributed by atoms with Gasteiger partial charge in [0.25, 0.3) is 5.91 Å². The number of imide groups is 1. The van der Waals surface area contributed by atoms with E-state index in [2.05, 4.69) is 5.32 Å². The summed E-state index contributed by atoms with van der Waals surface area (Å²) in [7, 11) is 0. The molecule has 36 heavy (non-hydrogen) atoms. The van der Waals surface area contributed by atoms with Gasteiger partial charge in [0.05, 0.1) is 6.07 Å². The molecule has 0 bridgehead atoms. The number of hydrogen-bond acceptors (Lipinski definition) is 6. The number of halogens is 3. The minimum Gasteiger partial charge on any atom is -0.489 e. The van der Waals surface area contributed by atoms with E-state index >= 15 is 0 Å². The molecule has 3 amide bonds. The summed E-state index contributed by atoms with van der Waals surface area (Å²) in [5.41, 5.74) is -1.05. The molecule has 11 heteroatoms. The van der Waals surface area contributed by atoms with E-state index in [-0.39, 0.29) is 69.3 Å². The topological polar surface area (TPSA) is 103 Å². The van der Waals surface area contributed by atoms with E-state index in [4.69, 9.17) is 4.74 Å². The molecular formula is C25H27F3N4O4. The number of benzene rings is 1. The van der Waals surface area contributed by atoms with E-state index in [1.54, 1.807) is 18.2 Å². The lowest BCUT2D eigenvalue weighted by atomic mass is 9.78. The summed E-state index contributed by atoms with van der Waals surface area (Å²) in [6, 6.07) is 5.96. The number of rotatable bonds is 4. The van der Waals surface area contributed by atoms with Crippen LogP contribution in [0.25, 0.3) is 0 Å². The Kier molecular flexibility index (Phi) is 6.19. The van der Waals surface area contributed by atoms with Crippen LogP contribution in [0.15, 0.2) is 18.2 Å². The minimum atomic E-state index is -4.54. The van der Waals surface area contributed by atoms with Gasteiger partial charge in [-0.05, 0) is 62.3 Å². The van der Waals surface area contributed by atoms with E-state index < -0.39 is 23.5 Å². The van der Waals surface area contributed by atoms with Gasteiger partial charge in [-0.2, -0.15) is 18.4 Å². The van der Waals surface area contributed by atoms with E-state index in [1.165, 1.54) is 11.0 Å². The number of piperidine rings is 2. The lowest BCUT2D eigenvalue weighted by Crippen LogP contribution is -2.52. The highest BCUT2D eigenvalue weighted by atomic mass is 19.4. The minimum absolute atomic E-state index is 0.0372. The van der Waals surface area contributed by atoms with Crippen LogP contribution in [0.3, 0.4) is 0 Å². The van der Waals surface area contributed by atoms with Crippen molar-refractivity contribution in [3.05, 3.63) is 29.3 Å². The highest BCUT2D eigenvalue weighted by Crippen LogP contribution is 2.46. The van der Waals surface area contributed by atoms with Crippen LogP contribution < -0.4 is 10.1 Å². The smallest absolute Gasteiger partial charge is 0.407 e. The number of alkyl halides is 3. The van der Waals surface area contributed by atoms with Crippen molar-refractivity contribution >= 4 is 17.7 Å². The van der Waals surface area contributed by atoms with Crippen LogP contribution >= 0.6 is 0 Å². The lowest BCUT2D eigenvalue weighted by Gasteiger charge is -2.42. The van der Waals surface area contributed by atoms with Crippen LogP contribution in [0.5, 0.6) is 5.75 Å². The van der Waals surface area contributed by atoms with Gasteiger partial charge in [0.15, 0.2) is 5.41 Å². The summed E-state index contributed by atoms with van der Waals surface area (Å²) < 4.78 is 46.7. The number of amides is 3. The molecule has 4 aliphatic rings. The summed E-state index contributed by atoms with van der Waals surface area (Å²) in [5.74, 6) is -0.496. The van der Waals surface area contributed by atoms with E-state index in [9.17, 15) is 32.8 Å². The number of hydrogen-bond donors (Lipinski definition) is 1. The number of nitriles is 1. The zero-order chi connectivity index (χ0) is 25.7. The Morgan fingerprint density at radius 2 is 1.86 bits per heavy atom. The molecule has 3 atom stereocenters. The second-order valence-corrected chi connectivity index (χ2v) is 10.1. The van der Waals surface area contributed by atoms with Gasteiger partial charge >= 0.3 is 6.18 Å². The Balaban J connectivity index is 1.24. The number of nitrogens with one attached hydrogen (secondary N) is 1. The molecule has 3 heterocycles. The maximum atomic E-state index is 13.5. The van der Waals surface area contributed by atoms with Crippen LogP contribution in [-0.2, 0) is 16.1 Å². The quantitative estimate of drug-likeness (QED) is 0.633. The molecule has 1 aliphatic carbocycles. The Morgan fingerprint density at radius 3 is 2.53 bits per heavy atom. The fourth-order valence-corrected chi connectivity index (χ4v) is 5.96. The SMILES string of the molecule is N#CC1(C(F)(F)F)CCN([C@H]2CCC[C@H]2Oc2ccc3c(c2)CN(C2CCC(=O)NC2=O)C3=O)CC1. The predicted octanol–water partition coefficient (Wildman–Crippen LogP) is 2.92. The molecular weight excluding hydrogens is 477 g/mol. The molecule has 1 unspecified atom stereocenters. The fourth-order valence-electron chi connectivity index (χ4n) is 5.96. The third kappa shape index (κ3) is 4.21. The standard InChI is InChI=1S/C25H27F3N4O4/c26-25(27,28)24(14-29)8-10-31(11-9-24)18-2-1-3-20(18)36-16-4-5-17-15(12-16)13-32(23(17)35)19-6-7-21(33)30-22(19)34/h4-5,12,18-20H,1-3,6-11,13H2,(H,30,33,34)/t18-,19?,20+/m0/s1. The van der Waals surface area contributed by atoms with E-state index in [1.807, 2.05) is 4.90 Å². The van der Waals surface area contributed by atoms with Gasteiger partial charge in [0, 0.05) is 37.7 Å². The average molecular weight is 505 g/mol. The van der Waals surface area contributed by atoms with Crippen LogP contribution in [0.2, 0.25) is 0 Å². The second-order valence-electron chi connectivity index (χ2n) is 10.1. The number of ether oxygens (including phenoxy) is 1. The maximum absolute atomic E-state index is 13.5. The summed E-state index contributed by atoms with van der Waals surface area (Å²) in [6.45, 7) is 0.625. The number of fused-ring (bicyclic) bond motifs is 1. The molecule has 1 aromatic carbocycles. The van der Waals surface area contributed by atoms with Crippen molar-refractivity contribution in [3.8, 4) is 11.8 Å². The van der Waals surface area contributed by atoms with E-state index in [0.29, 0.717) is 11.3 Å². The van der Waals surface area contributed by atoms with Crippen molar-refractivity contribution in [3.63, 3.8) is 0 Å². The predicted molar refractivity (Wildman–Crippen MR) is 119 cm³/mol. The molecule has 192 valence electrons. The molecule has 2 saturated heterocycles. The Hall–Kier alpha value is -3.13. The molecule has 0 spiro atoms. The number of nitrogens with zero attached hydrogens (tertiary/aromatic N) is 3. The normalized spacial score (nSPS) is 28.6. The molecule has 1 aromatic rings. The average Bonchev–Trinajstić information content (AvgIpc) is 3.42. The number of carbonyl (C=O) groups is 3. The van der Waals surface area contributed by atoms with Gasteiger partial charge in [-0.25, -0.2) is 0 Å². The summed E-state index contributed by atoms with van der Waals surface area (Å²) in [4.78, 5) is 40.1. The van der Waals surface area contributed by atoms with E-state index in [0.717, 1.165) is 24.8 Å². The third-order valence-corrected chi connectivity index (χ3v) is 8.08. The first-order valence-electron chi connectivity index (χ1n) is 12.3. The van der Waals surface area contributed by atoms with Gasteiger partial charge in [-0.3, -0.25) is 24.6 Å². The summed E-state index contributed by atoms with van der Waals surface area (Å²) in [6.07, 6.45) is -2.29. The second kappa shape index (κ2) is 9.07. The molecule has 1 saturated carbocycles. The van der Waals surface area contributed by atoms with Crippen molar-refractivity contribution in [1.29, 1.82) is 5.26 Å². The molecule has 8 nitrogen and oxygen atoms in total. The van der Waals surface area contributed by atoms with Crippen molar-refractivity contribution in [2.75, 3.05) is 13.1 Å². The van der Waals surface area contributed by atoms with Gasteiger partial charge in [0.1, 0.15) is 17.9 Å². The van der Waals surface area contributed by atoms with Gasteiger partial charge in [0.2, 0.25) is 11.8 Å². The number of carbonyl (C=O) groups excluding carboxylic acids is 3.